The van der Waals surface area contributed by atoms with Crippen LogP contribution >= 0.6 is 11.8 Å². The van der Waals surface area contributed by atoms with E-state index >= 15 is 0 Å². The van der Waals surface area contributed by atoms with E-state index in [-0.39, 0.29) is 23.3 Å². The van der Waals surface area contributed by atoms with Gasteiger partial charge in [-0.25, -0.2) is 4.98 Å². The largest absolute Gasteiger partial charge is 0.353 e. The van der Waals surface area contributed by atoms with Gasteiger partial charge in [0, 0.05) is 12.6 Å². The van der Waals surface area contributed by atoms with Gasteiger partial charge in [-0.3, -0.25) is 14.2 Å². The molecule has 1 atom stereocenters. The molecule has 1 heterocycles. The molecule has 0 spiro atoms. The van der Waals surface area contributed by atoms with Crippen molar-refractivity contribution in [2.24, 2.45) is 5.92 Å². The van der Waals surface area contributed by atoms with Crippen LogP contribution in [0.15, 0.2) is 46.9 Å². The Bertz CT molecular complexity index is 798. The number of nitrogens with zero attached hydrogens (tertiary/aromatic N) is 2. The number of benzene rings is 1. The van der Waals surface area contributed by atoms with Crippen molar-refractivity contribution in [3.05, 3.63) is 47.3 Å². The summed E-state index contributed by atoms with van der Waals surface area (Å²) in [6.45, 7) is 10.2. The van der Waals surface area contributed by atoms with E-state index in [1.807, 2.05) is 19.1 Å². The second kappa shape index (κ2) is 8.15. The minimum Gasteiger partial charge on any atom is -0.353 e. The van der Waals surface area contributed by atoms with E-state index in [9.17, 15) is 9.59 Å². The Balaban J connectivity index is 2.24. The molecule has 24 heavy (non-hydrogen) atoms. The number of hydrogen-bond acceptors (Lipinski definition) is 4. The lowest BCUT2D eigenvalue weighted by molar-refractivity contribution is -0.119. The van der Waals surface area contributed by atoms with Gasteiger partial charge in [0.15, 0.2) is 5.16 Å². The maximum Gasteiger partial charge on any atom is 0.262 e. The molecule has 5 nitrogen and oxygen atoms in total. The van der Waals surface area contributed by atoms with Crippen LogP contribution in [0.5, 0.6) is 0 Å². The van der Waals surface area contributed by atoms with Crippen molar-refractivity contribution in [2.45, 2.75) is 38.5 Å². The van der Waals surface area contributed by atoms with Gasteiger partial charge in [-0.2, -0.15) is 0 Å². The van der Waals surface area contributed by atoms with Crippen LogP contribution in [-0.2, 0) is 11.3 Å². The van der Waals surface area contributed by atoms with Gasteiger partial charge in [-0.1, -0.05) is 43.8 Å². The number of thioether (sulfide) groups is 1. The number of rotatable bonds is 7. The summed E-state index contributed by atoms with van der Waals surface area (Å²) in [5.74, 6) is 0.532. The highest BCUT2D eigenvalue weighted by Gasteiger charge is 2.14. The zero-order valence-corrected chi connectivity index (χ0v) is 15.1. The topological polar surface area (TPSA) is 64.0 Å². The molecule has 0 saturated heterocycles. The van der Waals surface area contributed by atoms with Crippen LogP contribution in [0.3, 0.4) is 0 Å². The molecule has 0 fully saturated rings. The number of carbonyl (C=O) groups excluding carboxylic acids is 1. The summed E-state index contributed by atoms with van der Waals surface area (Å²) in [7, 11) is 0. The Morgan fingerprint density at radius 1 is 1.38 bits per heavy atom. The third-order valence-electron chi connectivity index (χ3n) is 3.86. The molecular formula is C18H23N3O2S. The molecule has 6 heteroatoms. The molecule has 0 saturated carbocycles. The number of nitrogens with one attached hydrogen (secondary N) is 1. The molecule has 0 aliphatic heterocycles. The molecule has 1 N–H and O–H groups in total. The fourth-order valence-corrected chi connectivity index (χ4v) is 2.96. The first-order chi connectivity index (χ1) is 11.4. The fourth-order valence-electron chi connectivity index (χ4n) is 2.14. The first-order valence-electron chi connectivity index (χ1n) is 7.96. The first kappa shape index (κ1) is 18.3. The SMILES string of the molecule is C=CCn1c(SCC(=O)N[C@H](C)C(C)C)nc2ccccc2c1=O. The Labute approximate surface area is 146 Å². The van der Waals surface area contributed by atoms with E-state index in [0.717, 1.165) is 0 Å². The average Bonchev–Trinajstić information content (AvgIpc) is 2.56. The molecule has 2 aromatic rings. The van der Waals surface area contributed by atoms with Crippen molar-refractivity contribution in [1.82, 2.24) is 14.9 Å². The van der Waals surface area contributed by atoms with Gasteiger partial charge in [0.25, 0.3) is 5.56 Å². The Morgan fingerprint density at radius 3 is 2.75 bits per heavy atom. The van der Waals surface area contributed by atoms with Crippen molar-refractivity contribution in [1.29, 1.82) is 0 Å². The molecule has 1 aromatic heterocycles. The predicted molar refractivity (Wildman–Crippen MR) is 99.4 cm³/mol. The van der Waals surface area contributed by atoms with Crippen LogP contribution < -0.4 is 10.9 Å². The van der Waals surface area contributed by atoms with Crippen LogP contribution in [0.25, 0.3) is 10.9 Å². The highest BCUT2D eigenvalue weighted by Crippen LogP contribution is 2.17. The van der Waals surface area contributed by atoms with Crippen molar-refractivity contribution < 1.29 is 4.79 Å². The molecule has 0 bridgehead atoms. The zero-order chi connectivity index (χ0) is 17.7. The van der Waals surface area contributed by atoms with E-state index in [0.29, 0.717) is 28.5 Å². The molecule has 1 amide bonds. The zero-order valence-electron chi connectivity index (χ0n) is 14.3. The summed E-state index contributed by atoms with van der Waals surface area (Å²) in [4.78, 5) is 29.2. The molecule has 0 aliphatic carbocycles. The van der Waals surface area contributed by atoms with Gasteiger partial charge < -0.3 is 5.32 Å². The average molecular weight is 345 g/mol. The highest BCUT2D eigenvalue weighted by molar-refractivity contribution is 7.99. The third-order valence-corrected chi connectivity index (χ3v) is 4.84. The summed E-state index contributed by atoms with van der Waals surface area (Å²) in [6, 6.07) is 7.34. The van der Waals surface area contributed by atoms with Crippen molar-refractivity contribution >= 4 is 28.6 Å². The Kier molecular flexibility index (Phi) is 6.20. The fraction of sp³-hybridized carbons (Fsp3) is 0.389. The van der Waals surface area contributed by atoms with Crippen molar-refractivity contribution in [3.63, 3.8) is 0 Å². The molecule has 0 aliphatic rings. The standard InChI is InChI=1S/C18H23N3O2S/c1-5-10-21-17(23)14-8-6-7-9-15(14)20-18(21)24-11-16(22)19-13(4)12(2)3/h5-9,12-13H,1,10-11H2,2-4H3,(H,19,22)/t13-/m1/s1. The Hall–Kier alpha value is -2.08. The summed E-state index contributed by atoms with van der Waals surface area (Å²) < 4.78 is 1.55. The van der Waals surface area contributed by atoms with Crippen LogP contribution in [0.4, 0.5) is 0 Å². The van der Waals surface area contributed by atoms with Crippen LogP contribution in [0.2, 0.25) is 0 Å². The normalized spacial score (nSPS) is 12.3. The molecule has 2 rings (SSSR count). The van der Waals surface area contributed by atoms with E-state index < -0.39 is 0 Å². The number of carbonyl (C=O) groups is 1. The summed E-state index contributed by atoms with van der Waals surface area (Å²) in [5.41, 5.74) is 0.528. The lowest BCUT2D eigenvalue weighted by atomic mass is 10.1. The smallest absolute Gasteiger partial charge is 0.262 e. The van der Waals surface area contributed by atoms with Gasteiger partial charge in [0.05, 0.1) is 16.7 Å². The van der Waals surface area contributed by atoms with Crippen LogP contribution in [-0.4, -0.2) is 27.3 Å². The van der Waals surface area contributed by atoms with E-state index in [1.165, 1.54) is 11.8 Å². The predicted octanol–water partition coefficient (Wildman–Crippen LogP) is 2.84. The summed E-state index contributed by atoms with van der Waals surface area (Å²) in [6.07, 6.45) is 1.66. The van der Waals surface area contributed by atoms with Gasteiger partial charge in [-0.15, -0.1) is 6.58 Å². The first-order valence-corrected chi connectivity index (χ1v) is 8.95. The van der Waals surface area contributed by atoms with Crippen LogP contribution in [0, 0.1) is 5.92 Å². The maximum atomic E-state index is 12.6. The minimum atomic E-state index is -0.112. The van der Waals surface area contributed by atoms with Crippen molar-refractivity contribution in [2.75, 3.05) is 5.75 Å². The lowest BCUT2D eigenvalue weighted by Gasteiger charge is -2.17. The summed E-state index contributed by atoms with van der Waals surface area (Å²) >= 11 is 1.27. The number of allylic oxidation sites excluding steroid dienone is 1. The number of para-hydroxylation sites is 1. The second-order valence-corrected chi connectivity index (χ2v) is 6.95. The molecule has 0 unspecified atom stereocenters. The highest BCUT2D eigenvalue weighted by atomic mass is 32.2. The molecule has 1 aromatic carbocycles. The monoisotopic (exact) mass is 345 g/mol. The quantitative estimate of drug-likeness (QED) is 0.476. The second-order valence-electron chi connectivity index (χ2n) is 6.00. The van der Waals surface area contributed by atoms with Gasteiger partial charge in [0.2, 0.25) is 5.91 Å². The van der Waals surface area contributed by atoms with E-state index in [1.54, 1.807) is 22.8 Å². The minimum absolute atomic E-state index is 0.0613. The molecule has 128 valence electrons. The van der Waals surface area contributed by atoms with Gasteiger partial charge >= 0.3 is 0 Å². The summed E-state index contributed by atoms with van der Waals surface area (Å²) in [5, 5.41) is 4.06. The molecular weight excluding hydrogens is 322 g/mol. The maximum absolute atomic E-state index is 12.6. The third kappa shape index (κ3) is 4.26. The number of aromatic nitrogens is 2. The van der Waals surface area contributed by atoms with E-state index in [4.69, 9.17) is 0 Å². The number of hydrogen-bond donors (Lipinski definition) is 1. The molecule has 0 radical (unpaired) electrons. The van der Waals surface area contributed by atoms with Crippen LogP contribution in [0.1, 0.15) is 20.8 Å². The van der Waals surface area contributed by atoms with Gasteiger partial charge in [-0.05, 0) is 25.0 Å². The van der Waals surface area contributed by atoms with Crippen molar-refractivity contribution in [3.8, 4) is 0 Å². The lowest BCUT2D eigenvalue weighted by Crippen LogP contribution is -2.37. The number of amides is 1. The number of fused-ring (bicyclic) bond motifs is 1. The van der Waals surface area contributed by atoms with Gasteiger partial charge in [0.1, 0.15) is 0 Å². The Morgan fingerprint density at radius 2 is 2.08 bits per heavy atom. The van der Waals surface area contributed by atoms with E-state index in [2.05, 4.69) is 30.7 Å².